The van der Waals surface area contributed by atoms with E-state index in [0.717, 1.165) is 6.54 Å². The Morgan fingerprint density at radius 1 is 1.45 bits per heavy atom. The lowest BCUT2D eigenvalue weighted by molar-refractivity contribution is 0.589. The van der Waals surface area contributed by atoms with Crippen molar-refractivity contribution in [3.63, 3.8) is 0 Å². The van der Waals surface area contributed by atoms with Crippen LogP contribution in [0.2, 0.25) is 0 Å². The molecule has 1 saturated carbocycles. The van der Waals surface area contributed by atoms with Crippen LogP contribution >= 0.6 is 11.8 Å². The summed E-state index contributed by atoms with van der Waals surface area (Å²) in [5, 5.41) is 12.0. The predicted octanol–water partition coefficient (Wildman–Crippen LogP) is 1.82. The lowest BCUT2D eigenvalue weighted by Gasteiger charge is -2.13. The molecule has 20 heavy (non-hydrogen) atoms. The van der Waals surface area contributed by atoms with Crippen molar-refractivity contribution < 1.29 is 8.42 Å². The third-order valence-corrected chi connectivity index (χ3v) is 6.69. The van der Waals surface area contributed by atoms with Crippen LogP contribution in [0.5, 0.6) is 0 Å². The Bertz CT molecular complexity index is 616. The van der Waals surface area contributed by atoms with Gasteiger partial charge in [-0.05, 0) is 37.3 Å². The molecule has 0 saturated heterocycles. The first kappa shape index (κ1) is 15.4. The molecule has 1 N–H and O–H groups in total. The second-order valence-corrected chi connectivity index (χ2v) is 8.41. The summed E-state index contributed by atoms with van der Waals surface area (Å²) in [7, 11) is -3.32. The van der Waals surface area contributed by atoms with E-state index < -0.39 is 9.84 Å². The summed E-state index contributed by atoms with van der Waals surface area (Å²) in [6.45, 7) is 1.31. The lowest BCUT2D eigenvalue weighted by Crippen LogP contribution is -2.30. The number of hydrogen-bond acceptors (Lipinski definition) is 5. The van der Waals surface area contributed by atoms with E-state index in [1.165, 1.54) is 18.9 Å². The Labute approximate surface area is 124 Å². The second kappa shape index (κ2) is 6.17. The molecule has 1 aliphatic carbocycles. The van der Waals surface area contributed by atoms with Crippen LogP contribution in [0.3, 0.4) is 0 Å². The molecule has 108 valence electrons. The van der Waals surface area contributed by atoms with Gasteiger partial charge >= 0.3 is 0 Å². The predicted molar refractivity (Wildman–Crippen MR) is 81.6 cm³/mol. The molecule has 0 amide bonds. The standard InChI is InChI=1S/C14H18N2O2S2/c1-19-14(5-6-14)11-16-7-8-20(17,18)13-4-2-3-12(9-13)10-15/h2-4,9,16H,5-8,11H2,1H3. The average molecular weight is 310 g/mol. The number of thioether (sulfide) groups is 1. The van der Waals surface area contributed by atoms with E-state index in [1.807, 2.05) is 17.8 Å². The molecule has 1 fully saturated rings. The zero-order chi connectivity index (χ0) is 14.6. The number of sulfone groups is 1. The topological polar surface area (TPSA) is 70.0 Å². The largest absolute Gasteiger partial charge is 0.314 e. The Morgan fingerprint density at radius 3 is 2.80 bits per heavy atom. The molecule has 0 unspecified atom stereocenters. The van der Waals surface area contributed by atoms with Gasteiger partial charge in [-0.2, -0.15) is 17.0 Å². The number of rotatable bonds is 7. The van der Waals surface area contributed by atoms with Gasteiger partial charge in [-0.15, -0.1) is 0 Å². The van der Waals surface area contributed by atoms with E-state index in [1.54, 1.807) is 18.2 Å². The van der Waals surface area contributed by atoms with Crippen LogP contribution in [0.25, 0.3) is 0 Å². The van der Waals surface area contributed by atoms with Gasteiger partial charge in [-0.1, -0.05) is 6.07 Å². The van der Waals surface area contributed by atoms with Gasteiger partial charge in [0.05, 0.1) is 22.3 Å². The quantitative estimate of drug-likeness (QED) is 0.778. The molecule has 0 bridgehead atoms. The number of hydrogen-bond donors (Lipinski definition) is 1. The second-order valence-electron chi connectivity index (χ2n) is 5.02. The molecule has 6 heteroatoms. The summed E-state index contributed by atoms with van der Waals surface area (Å²) in [6.07, 6.45) is 4.51. The molecule has 0 atom stereocenters. The van der Waals surface area contributed by atoms with E-state index in [4.69, 9.17) is 5.26 Å². The minimum Gasteiger partial charge on any atom is -0.314 e. The number of nitrogens with zero attached hydrogens (tertiary/aromatic N) is 1. The summed E-state index contributed by atoms with van der Waals surface area (Å²) in [6, 6.07) is 8.14. The molecule has 4 nitrogen and oxygen atoms in total. The highest BCUT2D eigenvalue weighted by molar-refractivity contribution is 8.00. The molecule has 0 spiro atoms. The van der Waals surface area contributed by atoms with Crippen molar-refractivity contribution in [1.29, 1.82) is 5.26 Å². The van der Waals surface area contributed by atoms with Crippen molar-refractivity contribution in [2.24, 2.45) is 0 Å². The molecule has 0 aliphatic heterocycles. The van der Waals surface area contributed by atoms with Gasteiger partial charge in [0, 0.05) is 17.8 Å². The first-order valence-corrected chi connectivity index (χ1v) is 9.38. The zero-order valence-corrected chi connectivity index (χ0v) is 13.1. The van der Waals surface area contributed by atoms with Crippen molar-refractivity contribution in [3.05, 3.63) is 29.8 Å². The first-order valence-electron chi connectivity index (χ1n) is 6.50. The molecule has 2 rings (SSSR count). The van der Waals surface area contributed by atoms with Gasteiger partial charge in [0.15, 0.2) is 9.84 Å². The molecule has 0 heterocycles. The first-order chi connectivity index (χ1) is 9.51. The summed E-state index contributed by atoms with van der Waals surface area (Å²) >= 11 is 1.85. The van der Waals surface area contributed by atoms with Gasteiger partial charge in [0.1, 0.15) is 0 Å². The van der Waals surface area contributed by atoms with E-state index in [9.17, 15) is 8.42 Å². The smallest absolute Gasteiger partial charge is 0.179 e. The lowest BCUT2D eigenvalue weighted by atomic mass is 10.2. The summed E-state index contributed by atoms with van der Waals surface area (Å²) in [5.41, 5.74) is 0.373. The Kier molecular flexibility index (Phi) is 4.74. The highest BCUT2D eigenvalue weighted by Gasteiger charge is 2.41. The Hall–Kier alpha value is -1.03. The van der Waals surface area contributed by atoms with E-state index in [0.29, 0.717) is 16.9 Å². The number of benzene rings is 1. The number of nitrogens with one attached hydrogen (secondary N) is 1. The third kappa shape index (κ3) is 3.75. The molecule has 1 aromatic carbocycles. The maximum atomic E-state index is 12.2. The fourth-order valence-corrected chi connectivity index (χ4v) is 3.99. The van der Waals surface area contributed by atoms with Crippen molar-refractivity contribution in [3.8, 4) is 6.07 Å². The normalized spacial score (nSPS) is 16.6. The van der Waals surface area contributed by atoms with Crippen LogP contribution in [0, 0.1) is 11.3 Å². The summed E-state index contributed by atoms with van der Waals surface area (Å²) in [4.78, 5) is 0.226. The summed E-state index contributed by atoms with van der Waals surface area (Å²) in [5.74, 6) is 0.0618. The van der Waals surface area contributed by atoms with E-state index in [2.05, 4.69) is 11.6 Å². The average Bonchev–Trinajstić information content (AvgIpc) is 3.24. The molecular formula is C14H18N2O2S2. The van der Waals surface area contributed by atoms with Crippen LogP contribution in [-0.2, 0) is 9.84 Å². The van der Waals surface area contributed by atoms with Gasteiger partial charge in [-0.3, -0.25) is 0 Å². The zero-order valence-electron chi connectivity index (χ0n) is 11.4. The van der Waals surface area contributed by atoms with Gasteiger partial charge in [0.2, 0.25) is 0 Å². The maximum Gasteiger partial charge on any atom is 0.179 e. The van der Waals surface area contributed by atoms with Crippen molar-refractivity contribution >= 4 is 21.6 Å². The SMILES string of the molecule is CSC1(CNCCS(=O)(=O)c2cccc(C#N)c2)CC1. The van der Waals surface area contributed by atoms with Crippen molar-refractivity contribution in [1.82, 2.24) is 5.32 Å². The van der Waals surface area contributed by atoms with Crippen LogP contribution < -0.4 is 5.32 Å². The Balaban J connectivity index is 1.89. The van der Waals surface area contributed by atoms with E-state index in [-0.39, 0.29) is 10.6 Å². The minimum atomic E-state index is -3.32. The van der Waals surface area contributed by atoms with Crippen LogP contribution in [0.1, 0.15) is 18.4 Å². The van der Waals surface area contributed by atoms with Gasteiger partial charge < -0.3 is 5.32 Å². The third-order valence-electron chi connectivity index (χ3n) is 3.56. The highest BCUT2D eigenvalue weighted by atomic mass is 32.2. The molecule has 0 aromatic heterocycles. The van der Waals surface area contributed by atoms with Gasteiger partial charge in [-0.25, -0.2) is 8.42 Å². The maximum absolute atomic E-state index is 12.2. The Morgan fingerprint density at radius 2 is 2.20 bits per heavy atom. The molecule has 1 aromatic rings. The fraction of sp³-hybridized carbons (Fsp3) is 0.500. The van der Waals surface area contributed by atoms with Crippen LogP contribution in [0.4, 0.5) is 0 Å². The molecule has 0 radical (unpaired) electrons. The van der Waals surface area contributed by atoms with E-state index >= 15 is 0 Å². The van der Waals surface area contributed by atoms with Crippen molar-refractivity contribution in [2.75, 3.05) is 25.1 Å². The van der Waals surface area contributed by atoms with Crippen LogP contribution in [-0.4, -0.2) is 38.3 Å². The van der Waals surface area contributed by atoms with Gasteiger partial charge in [0.25, 0.3) is 0 Å². The highest BCUT2D eigenvalue weighted by Crippen LogP contribution is 2.46. The monoisotopic (exact) mass is 310 g/mol. The summed E-state index contributed by atoms with van der Waals surface area (Å²) < 4.78 is 24.6. The minimum absolute atomic E-state index is 0.0618. The molecular weight excluding hydrogens is 292 g/mol. The molecule has 1 aliphatic rings. The number of nitriles is 1. The fourth-order valence-electron chi connectivity index (χ4n) is 1.99. The van der Waals surface area contributed by atoms with Crippen molar-refractivity contribution in [2.45, 2.75) is 22.5 Å². The van der Waals surface area contributed by atoms with Crippen LogP contribution in [0.15, 0.2) is 29.2 Å².